The molecule has 1 unspecified atom stereocenters. The highest BCUT2D eigenvalue weighted by atomic mass is 16.5. The van der Waals surface area contributed by atoms with Crippen LogP contribution in [0.4, 0.5) is 5.82 Å². The number of aromatic carboxylic acids is 1. The molecule has 0 amide bonds. The third-order valence-electron chi connectivity index (χ3n) is 3.17. The van der Waals surface area contributed by atoms with Crippen molar-refractivity contribution < 1.29 is 14.6 Å². The van der Waals surface area contributed by atoms with Gasteiger partial charge in [-0.3, -0.25) is 0 Å². The zero-order valence-corrected chi connectivity index (χ0v) is 11.2. The van der Waals surface area contributed by atoms with Crippen molar-refractivity contribution in [2.45, 2.75) is 13.0 Å². The largest absolute Gasteiger partial charge is 0.478 e. The summed E-state index contributed by atoms with van der Waals surface area (Å²) in [6.45, 7) is 4.95. The minimum atomic E-state index is -0.950. The van der Waals surface area contributed by atoms with Gasteiger partial charge in [0.25, 0.3) is 0 Å². The topological polar surface area (TPSA) is 74.7 Å². The summed E-state index contributed by atoms with van der Waals surface area (Å²) in [6.07, 6.45) is 0.139. The zero-order valence-electron chi connectivity index (χ0n) is 11.2. The van der Waals surface area contributed by atoms with Crippen molar-refractivity contribution in [2.24, 2.45) is 0 Å². The van der Waals surface area contributed by atoms with Gasteiger partial charge in [-0.15, -0.1) is 0 Å². The maximum atomic E-state index is 10.9. The van der Waals surface area contributed by atoms with Crippen molar-refractivity contribution in [1.82, 2.24) is 9.88 Å². The number of aryl methyl sites for hydroxylation is 1. The van der Waals surface area contributed by atoms with Gasteiger partial charge in [-0.1, -0.05) is 0 Å². The van der Waals surface area contributed by atoms with Gasteiger partial charge in [0.2, 0.25) is 0 Å². The lowest BCUT2D eigenvalue weighted by molar-refractivity contribution is -0.0117. The van der Waals surface area contributed by atoms with E-state index in [-0.39, 0.29) is 11.7 Å². The molecule has 1 atom stereocenters. The molecule has 1 aromatic rings. The fourth-order valence-corrected chi connectivity index (χ4v) is 2.09. The smallest absolute Gasteiger partial charge is 0.337 e. The molecule has 1 fully saturated rings. The van der Waals surface area contributed by atoms with Gasteiger partial charge in [0.15, 0.2) is 0 Å². The Morgan fingerprint density at radius 1 is 1.63 bits per heavy atom. The number of morpholine rings is 1. The minimum absolute atomic E-state index is 0.139. The highest BCUT2D eigenvalue weighted by Crippen LogP contribution is 2.11. The minimum Gasteiger partial charge on any atom is -0.478 e. The number of carbonyl (C=O) groups is 1. The molecule has 104 valence electrons. The van der Waals surface area contributed by atoms with E-state index in [0.717, 1.165) is 19.7 Å². The van der Waals surface area contributed by atoms with Crippen LogP contribution in [0.25, 0.3) is 0 Å². The van der Waals surface area contributed by atoms with E-state index in [1.54, 1.807) is 19.1 Å². The van der Waals surface area contributed by atoms with Crippen molar-refractivity contribution in [3.05, 3.63) is 23.4 Å². The van der Waals surface area contributed by atoms with E-state index in [4.69, 9.17) is 9.84 Å². The average molecular weight is 265 g/mol. The second-order valence-electron chi connectivity index (χ2n) is 4.77. The molecule has 1 aliphatic heterocycles. The molecule has 1 aliphatic rings. The van der Waals surface area contributed by atoms with Crippen LogP contribution in [0.2, 0.25) is 0 Å². The number of aromatic nitrogens is 1. The fourth-order valence-electron chi connectivity index (χ4n) is 2.09. The molecule has 0 radical (unpaired) electrons. The lowest BCUT2D eigenvalue weighted by Gasteiger charge is -2.30. The van der Waals surface area contributed by atoms with Crippen molar-refractivity contribution in [3.63, 3.8) is 0 Å². The highest BCUT2D eigenvalue weighted by Gasteiger charge is 2.17. The first-order valence-electron chi connectivity index (χ1n) is 6.31. The number of ether oxygens (including phenoxy) is 1. The summed E-state index contributed by atoms with van der Waals surface area (Å²) in [4.78, 5) is 17.3. The van der Waals surface area contributed by atoms with Crippen molar-refractivity contribution in [3.8, 4) is 0 Å². The molecule has 0 saturated carbocycles. The first-order valence-corrected chi connectivity index (χ1v) is 6.31. The second kappa shape index (κ2) is 5.99. The van der Waals surface area contributed by atoms with Gasteiger partial charge < -0.3 is 20.1 Å². The number of likely N-dealkylation sites (N-methyl/N-ethyl adjacent to an activating group) is 1. The Balaban J connectivity index is 1.92. The third kappa shape index (κ3) is 3.65. The molecule has 6 heteroatoms. The average Bonchev–Trinajstić information content (AvgIpc) is 2.36. The van der Waals surface area contributed by atoms with Crippen molar-refractivity contribution >= 4 is 11.8 Å². The molecule has 1 aromatic heterocycles. The van der Waals surface area contributed by atoms with Crippen molar-refractivity contribution in [2.75, 3.05) is 38.6 Å². The molecule has 0 bridgehead atoms. The van der Waals surface area contributed by atoms with Crippen LogP contribution in [0.3, 0.4) is 0 Å². The molecule has 1 saturated heterocycles. The Morgan fingerprint density at radius 3 is 3.05 bits per heavy atom. The Hall–Kier alpha value is -1.66. The lowest BCUT2D eigenvalue weighted by atomic mass is 10.2. The Morgan fingerprint density at radius 2 is 2.42 bits per heavy atom. The molecule has 0 spiro atoms. The Kier molecular flexibility index (Phi) is 4.34. The van der Waals surface area contributed by atoms with E-state index < -0.39 is 5.97 Å². The maximum absolute atomic E-state index is 10.9. The number of anilines is 1. The predicted octanol–water partition coefficient (Wildman–Crippen LogP) is 0.831. The summed E-state index contributed by atoms with van der Waals surface area (Å²) in [5, 5.41) is 12.1. The quantitative estimate of drug-likeness (QED) is 0.840. The Bertz CT molecular complexity index is 464. The zero-order chi connectivity index (χ0) is 13.8. The summed E-state index contributed by atoms with van der Waals surface area (Å²) in [6, 6.07) is 3.25. The lowest BCUT2D eigenvalue weighted by Crippen LogP contribution is -2.43. The van der Waals surface area contributed by atoms with E-state index >= 15 is 0 Å². The molecular weight excluding hydrogens is 246 g/mol. The van der Waals surface area contributed by atoms with Gasteiger partial charge in [0.05, 0.1) is 24.0 Å². The normalized spacial score (nSPS) is 20.2. The summed E-state index contributed by atoms with van der Waals surface area (Å²) in [5.74, 6) is -0.270. The standard InChI is InChI=1S/C13H19N3O3/c1-9-11(13(17)18)3-4-12(15-9)14-7-10-8-16(2)5-6-19-10/h3-4,10H,5-8H2,1-2H3,(H,14,15)(H,17,18). The van der Waals surface area contributed by atoms with Crippen LogP contribution in [0, 0.1) is 6.92 Å². The van der Waals surface area contributed by atoms with Crippen LogP contribution in [0.5, 0.6) is 0 Å². The Labute approximate surface area is 112 Å². The molecule has 2 heterocycles. The number of carboxylic acids is 1. The number of nitrogens with zero attached hydrogens (tertiary/aromatic N) is 2. The number of carboxylic acid groups (broad SMARTS) is 1. The van der Waals surface area contributed by atoms with Crippen LogP contribution in [-0.4, -0.2) is 60.4 Å². The van der Waals surface area contributed by atoms with E-state index in [9.17, 15) is 4.79 Å². The first kappa shape index (κ1) is 13.8. The summed E-state index contributed by atoms with van der Waals surface area (Å²) in [5.41, 5.74) is 0.749. The van der Waals surface area contributed by atoms with E-state index in [1.807, 2.05) is 0 Å². The van der Waals surface area contributed by atoms with Gasteiger partial charge in [-0.2, -0.15) is 0 Å². The number of nitrogens with one attached hydrogen (secondary N) is 1. The maximum Gasteiger partial charge on any atom is 0.337 e. The molecule has 19 heavy (non-hydrogen) atoms. The number of hydrogen-bond donors (Lipinski definition) is 2. The van der Waals surface area contributed by atoms with Crippen LogP contribution >= 0.6 is 0 Å². The molecule has 6 nitrogen and oxygen atoms in total. The van der Waals surface area contributed by atoms with Gasteiger partial charge in [0.1, 0.15) is 5.82 Å². The van der Waals surface area contributed by atoms with E-state index in [2.05, 4.69) is 22.2 Å². The van der Waals surface area contributed by atoms with Crippen LogP contribution in [-0.2, 0) is 4.74 Å². The third-order valence-corrected chi connectivity index (χ3v) is 3.17. The monoisotopic (exact) mass is 265 g/mol. The van der Waals surface area contributed by atoms with Gasteiger partial charge >= 0.3 is 5.97 Å². The van der Waals surface area contributed by atoms with Crippen LogP contribution in [0.1, 0.15) is 16.1 Å². The van der Waals surface area contributed by atoms with Crippen LogP contribution < -0.4 is 5.32 Å². The second-order valence-corrected chi connectivity index (χ2v) is 4.77. The van der Waals surface area contributed by atoms with Gasteiger partial charge in [-0.05, 0) is 26.1 Å². The number of rotatable bonds is 4. The van der Waals surface area contributed by atoms with Gasteiger partial charge in [-0.25, -0.2) is 9.78 Å². The SMILES string of the molecule is Cc1nc(NCC2CN(C)CCO2)ccc1C(=O)O. The van der Waals surface area contributed by atoms with Crippen molar-refractivity contribution in [1.29, 1.82) is 0 Å². The highest BCUT2D eigenvalue weighted by molar-refractivity contribution is 5.89. The molecule has 0 aromatic carbocycles. The molecular formula is C13H19N3O3. The summed E-state index contributed by atoms with van der Waals surface area (Å²) in [7, 11) is 2.07. The summed E-state index contributed by atoms with van der Waals surface area (Å²) >= 11 is 0. The number of pyridine rings is 1. The molecule has 0 aliphatic carbocycles. The summed E-state index contributed by atoms with van der Waals surface area (Å²) < 4.78 is 5.64. The first-order chi connectivity index (χ1) is 9.06. The van der Waals surface area contributed by atoms with E-state index in [0.29, 0.717) is 18.1 Å². The number of hydrogen-bond acceptors (Lipinski definition) is 5. The van der Waals surface area contributed by atoms with E-state index in [1.165, 1.54) is 0 Å². The molecule has 2 rings (SSSR count). The fraction of sp³-hybridized carbons (Fsp3) is 0.538. The molecule has 2 N–H and O–H groups in total. The predicted molar refractivity (Wildman–Crippen MR) is 71.7 cm³/mol. The van der Waals surface area contributed by atoms with Crippen LogP contribution in [0.15, 0.2) is 12.1 Å². The van der Waals surface area contributed by atoms with Gasteiger partial charge in [0, 0.05) is 19.6 Å².